The maximum Gasteiger partial charge on any atom is 0.288 e. The monoisotopic (exact) mass is 511 g/mol. The van der Waals surface area contributed by atoms with Gasteiger partial charge in [0.1, 0.15) is 11.6 Å². The average Bonchev–Trinajstić information content (AvgIpc) is 2.87. The zero-order chi connectivity index (χ0) is 25.3. The molecule has 2 aromatic carbocycles. The Labute approximate surface area is 219 Å². The van der Waals surface area contributed by atoms with E-state index in [-0.39, 0.29) is 0 Å². The van der Waals surface area contributed by atoms with E-state index in [0.717, 1.165) is 70.5 Å². The van der Waals surface area contributed by atoms with Crippen LogP contribution < -0.4 is 4.90 Å². The lowest BCUT2D eigenvalue weighted by Crippen LogP contribution is -2.15. The van der Waals surface area contributed by atoms with Gasteiger partial charge in [0.25, 0.3) is 5.76 Å². The van der Waals surface area contributed by atoms with Crippen molar-refractivity contribution in [2.45, 2.75) is 81.3 Å². The Morgan fingerprint density at radius 2 is 1.50 bits per heavy atom. The van der Waals surface area contributed by atoms with E-state index in [1.54, 1.807) is 0 Å². The molecule has 3 aromatic rings. The summed E-state index contributed by atoms with van der Waals surface area (Å²) in [6.45, 7) is 0. The van der Waals surface area contributed by atoms with Crippen LogP contribution in [0, 0.1) is 11.8 Å². The molecule has 1 heterocycles. The molecule has 0 radical (unpaired) electrons. The van der Waals surface area contributed by atoms with Crippen molar-refractivity contribution < 1.29 is 8.78 Å². The van der Waals surface area contributed by atoms with Gasteiger partial charge in [0.2, 0.25) is 0 Å². The Morgan fingerprint density at radius 3 is 2.22 bits per heavy atom. The fourth-order valence-corrected chi connectivity index (χ4v) is 6.26. The quantitative estimate of drug-likeness (QED) is 0.180. The van der Waals surface area contributed by atoms with E-state index in [4.69, 9.17) is 9.97 Å². The van der Waals surface area contributed by atoms with Gasteiger partial charge < -0.3 is 4.90 Å². The van der Waals surface area contributed by atoms with E-state index in [2.05, 4.69) is 17.0 Å². The van der Waals surface area contributed by atoms with Gasteiger partial charge in [0.15, 0.2) is 0 Å². The largest absolute Gasteiger partial charge is 0.362 e. The minimum atomic E-state index is -2.35. The molecule has 6 heteroatoms. The standard InChI is InChI=1S/C30H39F2N3S/c1-35(2)29-25-14-6-7-15-26(25)33-28(34-29)17-9-11-23-20-18-22(19-21-23)10-3-4-12-24-13-5-8-16-27(24)36-30(31)32/h5-8,13-16,22-23,30H,3-4,9-12,17-21H2,1-2H3. The van der Waals surface area contributed by atoms with Gasteiger partial charge >= 0.3 is 0 Å². The van der Waals surface area contributed by atoms with E-state index in [9.17, 15) is 8.78 Å². The first-order valence-corrected chi connectivity index (χ1v) is 14.3. The summed E-state index contributed by atoms with van der Waals surface area (Å²) in [5.41, 5.74) is 2.10. The number of aromatic nitrogens is 2. The summed E-state index contributed by atoms with van der Waals surface area (Å²) >= 11 is 0.675. The molecular weight excluding hydrogens is 472 g/mol. The molecule has 4 rings (SSSR count). The molecule has 1 aromatic heterocycles. The van der Waals surface area contributed by atoms with E-state index in [0.29, 0.717) is 11.8 Å². The second-order valence-electron chi connectivity index (χ2n) is 10.4. The van der Waals surface area contributed by atoms with Gasteiger partial charge in [-0.25, -0.2) is 9.97 Å². The fourth-order valence-electron chi connectivity index (χ4n) is 5.59. The smallest absolute Gasteiger partial charge is 0.288 e. The molecule has 1 aliphatic rings. The van der Waals surface area contributed by atoms with Gasteiger partial charge in [-0.15, -0.1) is 0 Å². The van der Waals surface area contributed by atoms with Gasteiger partial charge in [0, 0.05) is 30.8 Å². The number of hydrogen-bond acceptors (Lipinski definition) is 4. The normalized spacial score (nSPS) is 18.1. The van der Waals surface area contributed by atoms with Gasteiger partial charge in [0.05, 0.1) is 5.52 Å². The van der Waals surface area contributed by atoms with Crippen LogP contribution in [0.5, 0.6) is 0 Å². The van der Waals surface area contributed by atoms with Crippen molar-refractivity contribution in [1.82, 2.24) is 9.97 Å². The second-order valence-corrected chi connectivity index (χ2v) is 11.4. The first-order chi connectivity index (χ1) is 17.5. The number of alkyl halides is 2. The summed E-state index contributed by atoms with van der Waals surface area (Å²) in [6, 6.07) is 15.9. The van der Waals surface area contributed by atoms with Crippen LogP contribution in [0.25, 0.3) is 10.9 Å². The predicted octanol–water partition coefficient (Wildman–Crippen LogP) is 8.55. The maximum atomic E-state index is 12.8. The molecule has 0 saturated heterocycles. The van der Waals surface area contributed by atoms with Crippen LogP contribution in [-0.4, -0.2) is 29.8 Å². The average molecular weight is 512 g/mol. The third kappa shape index (κ3) is 7.64. The number of unbranched alkanes of at least 4 members (excludes halogenated alkanes) is 1. The molecule has 0 bridgehead atoms. The van der Waals surface area contributed by atoms with Crippen molar-refractivity contribution in [2.75, 3.05) is 19.0 Å². The van der Waals surface area contributed by atoms with Gasteiger partial charge in [-0.05, 0) is 54.9 Å². The highest BCUT2D eigenvalue weighted by Crippen LogP contribution is 2.35. The Bertz CT molecular complexity index is 1100. The van der Waals surface area contributed by atoms with Crippen molar-refractivity contribution in [3.8, 4) is 0 Å². The number of anilines is 1. The van der Waals surface area contributed by atoms with Crippen molar-refractivity contribution in [3.63, 3.8) is 0 Å². The third-order valence-corrected chi connectivity index (χ3v) is 8.36. The lowest BCUT2D eigenvalue weighted by Gasteiger charge is -2.28. The molecule has 36 heavy (non-hydrogen) atoms. The SMILES string of the molecule is CN(C)c1nc(CCCC2CCC(CCCCc3ccccc3SC(F)F)CC2)nc2ccccc12. The molecule has 0 spiro atoms. The maximum absolute atomic E-state index is 12.8. The molecule has 0 amide bonds. The molecule has 1 fully saturated rings. The van der Waals surface area contributed by atoms with E-state index >= 15 is 0 Å². The summed E-state index contributed by atoms with van der Waals surface area (Å²) in [4.78, 5) is 12.5. The Kier molecular flexibility index (Phi) is 9.97. The molecule has 0 unspecified atom stereocenters. The zero-order valence-electron chi connectivity index (χ0n) is 21.6. The number of rotatable bonds is 12. The number of nitrogens with zero attached hydrogens (tertiary/aromatic N) is 3. The Morgan fingerprint density at radius 1 is 0.833 bits per heavy atom. The number of para-hydroxylation sites is 1. The van der Waals surface area contributed by atoms with Crippen LogP contribution in [0.1, 0.15) is 69.2 Å². The molecule has 0 atom stereocenters. The number of thioether (sulfide) groups is 1. The van der Waals surface area contributed by atoms with E-state index in [1.807, 2.05) is 50.5 Å². The van der Waals surface area contributed by atoms with Crippen LogP contribution >= 0.6 is 11.8 Å². The van der Waals surface area contributed by atoms with Crippen LogP contribution in [0.2, 0.25) is 0 Å². The lowest BCUT2D eigenvalue weighted by atomic mass is 9.78. The number of hydrogen-bond donors (Lipinski definition) is 0. The highest BCUT2D eigenvalue weighted by atomic mass is 32.2. The number of halogens is 2. The van der Waals surface area contributed by atoms with Crippen LogP contribution in [-0.2, 0) is 12.8 Å². The number of aryl methyl sites for hydroxylation is 2. The Balaban J connectivity index is 1.15. The summed E-state index contributed by atoms with van der Waals surface area (Å²) in [5, 5.41) is 1.11. The summed E-state index contributed by atoms with van der Waals surface area (Å²) in [5.74, 6) is 1.27. The molecule has 0 aliphatic heterocycles. The fraction of sp³-hybridized carbons (Fsp3) is 0.533. The van der Waals surface area contributed by atoms with Crippen LogP contribution in [0.4, 0.5) is 14.6 Å². The van der Waals surface area contributed by atoms with Crippen molar-refractivity contribution in [1.29, 1.82) is 0 Å². The minimum absolute atomic E-state index is 0.675. The minimum Gasteiger partial charge on any atom is -0.362 e. The molecule has 194 valence electrons. The van der Waals surface area contributed by atoms with Crippen molar-refractivity contribution in [2.24, 2.45) is 11.8 Å². The molecular formula is C30H39F2N3S. The van der Waals surface area contributed by atoms with E-state index < -0.39 is 5.76 Å². The van der Waals surface area contributed by atoms with Crippen LogP contribution in [0.15, 0.2) is 53.4 Å². The number of benzene rings is 2. The second kappa shape index (κ2) is 13.4. The third-order valence-electron chi connectivity index (χ3n) is 7.53. The van der Waals surface area contributed by atoms with E-state index in [1.165, 1.54) is 44.9 Å². The van der Waals surface area contributed by atoms with Gasteiger partial charge in [-0.2, -0.15) is 8.78 Å². The predicted molar refractivity (Wildman–Crippen MR) is 148 cm³/mol. The Hall–Kier alpha value is -2.21. The summed E-state index contributed by atoms with van der Waals surface area (Å²) in [7, 11) is 4.09. The first-order valence-electron chi connectivity index (χ1n) is 13.5. The first kappa shape index (κ1) is 26.8. The summed E-state index contributed by atoms with van der Waals surface area (Å²) < 4.78 is 25.6. The van der Waals surface area contributed by atoms with Gasteiger partial charge in [-0.3, -0.25) is 0 Å². The topological polar surface area (TPSA) is 29.0 Å². The van der Waals surface area contributed by atoms with Crippen molar-refractivity contribution >= 4 is 28.5 Å². The van der Waals surface area contributed by atoms with Crippen molar-refractivity contribution in [3.05, 3.63) is 59.9 Å². The highest BCUT2D eigenvalue weighted by molar-refractivity contribution is 7.99. The molecule has 0 N–H and O–H groups in total. The zero-order valence-corrected chi connectivity index (χ0v) is 22.5. The molecule has 1 aliphatic carbocycles. The van der Waals surface area contributed by atoms with Crippen LogP contribution in [0.3, 0.4) is 0 Å². The molecule has 1 saturated carbocycles. The van der Waals surface area contributed by atoms with Gasteiger partial charge in [-0.1, -0.05) is 87.0 Å². The lowest BCUT2D eigenvalue weighted by molar-refractivity contribution is 0.246. The molecule has 3 nitrogen and oxygen atoms in total. The summed E-state index contributed by atoms with van der Waals surface area (Å²) in [6.07, 6.45) is 13.1. The number of fused-ring (bicyclic) bond motifs is 1. The highest BCUT2D eigenvalue weighted by Gasteiger charge is 2.21.